The van der Waals surface area contributed by atoms with E-state index in [9.17, 15) is 26.4 Å². The number of fused-ring (bicyclic) bond motifs is 1. The molecular weight excluding hydrogens is 461 g/mol. The van der Waals surface area contributed by atoms with Gasteiger partial charge in [-0.05, 0) is 43.5 Å². The number of halogens is 3. The molecule has 1 aliphatic carbocycles. The SMILES string of the molecule is O=C1C=C(C(F)(F)F)C2CC(S(=O)(=O)Nc3ccccc3Sc3ccccc3)CCC2N1. The summed E-state index contributed by atoms with van der Waals surface area (Å²) >= 11 is 1.39. The Kier molecular flexibility index (Phi) is 6.26. The molecule has 2 aromatic carbocycles. The van der Waals surface area contributed by atoms with Crippen LogP contribution in [0.25, 0.3) is 0 Å². The van der Waals surface area contributed by atoms with Crippen molar-refractivity contribution in [2.24, 2.45) is 5.92 Å². The second kappa shape index (κ2) is 8.82. The fraction of sp³-hybridized carbons (Fsp3) is 0.318. The molecule has 1 heterocycles. The molecule has 1 aliphatic heterocycles. The molecule has 2 aliphatic rings. The Morgan fingerprint density at radius 2 is 1.69 bits per heavy atom. The van der Waals surface area contributed by atoms with Crippen molar-refractivity contribution in [1.82, 2.24) is 5.32 Å². The maximum absolute atomic E-state index is 13.5. The van der Waals surface area contributed by atoms with Crippen molar-refractivity contribution in [3.8, 4) is 0 Å². The van der Waals surface area contributed by atoms with E-state index in [1.165, 1.54) is 11.8 Å². The van der Waals surface area contributed by atoms with Crippen molar-refractivity contribution in [1.29, 1.82) is 0 Å². The molecule has 1 amide bonds. The number of alkyl halides is 3. The molecule has 0 radical (unpaired) electrons. The zero-order valence-electron chi connectivity index (χ0n) is 16.8. The number of carbonyl (C=O) groups excluding carboxylic acids is 1. The Morgan fingerprint density at radius 3 is 2.41 bits per heavy atom. The zero-order chi connectivity index (χ0) is 22.9. The third-order valence-corrected chi connectivity index (χ3v) is 8.59. The van der Waals surface area contributed by atoms with Crippen molar-refractivity contribution in [3.63, 3.8) is 0 Å². The molecule has 0 saturated heterocycles. The van der Waals surface area contributed by atoms with Crippen LogP contribution in [0.4, 0.5) is 18.9 Å². The molecule has 4 rings (SSSR count). The molecule has 170 valence electrons. The lowest BCUT2D eigenvalue weighted by Gasteiger charge is -2.40. The van der Waals surface area contributed by atoms with Crippen molar-refractivity contribution in [2.45, 2.75) is 46.5 Å². The number of hydrogen-bond acceptors (Lipinski definition) is 4. The van der Waals surface area contributed by atoms with Gasteiger partial charge in [0.1, 0.15) is 0 Å². The maximum Gasteiger partial charge on any atom is 0.413 e. The van der Waals surface area contributed by atoms with E-state index in [0.717, 1.165) is 4.90 Å². The number of benzene rings is 2. The Balaban J connectivity index is 1.55. The van der Waals surface area contributed by atoms with Crippen LogP contribution in [0.3, 0.4) is 0 Å². The normalized spacial score (nSPS) is 23.7. The Labute approximate surface area is 188 Å². The van der Waals surface area contributed by atoms with Crippen LogP contribution in [0, 0.1) is 5.92 Å². The lowest BCUT2D eigenvalue weighted by molar-refractivity contribution is -0.124. The first-order valence-electron chi connectivity index (χ1n) is 10.1. The third-order valence-electron chi connectivity index (χ3n) is 5.69. The number of carbonyl (C=O) groups is 1. The fourth-order valence-corrected chi connectivity index (χ4v) is 6.73. The van der Waals surface area contributed by atoms with Gasteiger partial charge in [0.2, 0.25) is 15.9 Å². The smallest absolute Gasteiger partial charge is 0.349 e. The average molecular weight is 483 g/mol. The molecule has 2 aromatic rings. The van der Waals surface area contributed by atoms with Gasteiger partial charge in [-0.3, -0.25) is 9.52 Å². The summed E-state index contributed by atoms with van der Waals surface area (Å²) in [4.78, 5) is 13.3. The van der Waals surface area contributed by atoms with E-state index in [1.54, 1.807) is 24.3 Å². The van der Waals surface area contributed by atoms with Crippen LogP contribution in [-0.2, 0) is 14.8 Å². The third kappa shape index (κ3) is 4.96. The van der Waals surface area contributed by atoms with Crippen LogP contribution >= 0.6 is 11.8 Å². The van der Waals surface area contributed by atoms with E-state index < -0.39 is 44.9 Å². The molecule has 3 atom stereocenters. The second-order valence-corrected chi connectivity index (χ2v) is 10.9. The summed E-state index contributed by atoms with van der Waals surface area (Å²) in [5, 5.41) is 1.54. The highest BCUT2D eigenvalue weighted by molar-refractivity contribution is 7.99. The van der Waals surface area contributed by atoms with Gasteiger partial charge >= 0.3 is 6.18 Å². The fourth-order valence-electron chi connectivity index (χ4n) is 4.19. The molecule has 10 heteroatoms. The number of amides is 1. The van der Waals surface area contributed by atoms with Gasteiger partial charge in [0.15, 0.2) is 0 Å². The van der Waals surface area contributed by atoms with Crippen LogP contribution in [0.5, 0.6) is 0 Å². The lowest BCUT2D eigenvalue weighted by Crippen LogP contribution is -2.51. The van der Waals surface area contributed by atoms with Gasteiger partial charge in [-0.2, -0.15) is 13.2 Å². The van der Waals surface area contributed by atoms with Crippen molar-refractivity contribution in [3.05, 3.63) is 66.2 Å². The summed E-state index contributed by atoms with van der Waals surface area (Å²) in [6, 6.07) is 15.6. The Morgan fingerprint density at radius 1 is 1.00 bits per heavy atom. The first-order chi connectivity index (χ1) is 15.1. The van der Waals surface area contributed by atoms with Crippen LogP contribution in [-0.4, -0.2) is 31.8 Å². The minimum Gasteiger partial charge on any atom is -0.349 e. The van der Waals surface area contributed by atoms with Crippen LogP contribution in [0.2, 0.25) is 0 Å². The van der Waals surface area contributed by atoms with Crippen molar-refractivity contribution < 1.29 is 26.4 Å². The quantitative estimate of drug-likeness (QED) is 0.646. The highest BCUT2D eigenvalue weighted by Gasteiger charge is 2.49. The summed E-state index contributed by atoms with van der Waals surface area (Å²) in [6.45, 7) is 0. The maximum atomic E-state index is 13.5. The van der Waals surface area contributed by atoms with Crippen LogP contribution < -0.4 is 10.0 Å². The summed E-state index contributed by atoms with van der Waals surface area (Å²) in [5.41, 5.74) is -0.571. The highest BCUT2D eigenvalue weighted by atomic mass is 32.2. The molecule has 2 N–H and O–H groups in total. The summed E-state index contributed by atoms with van der Waals surface area (Å²) in [5.74, 6) is -1.87. The monoisotopic (exact) mass is 482 g/mol. The molecular formula is C22H21F3N2O3S2. The van der Waals surface area contributed by atoms with E-state index in [-0.39, 0.29) is 19.3 Å². The first kappa shape index (κ1) is 22.7. The minimum atomic E-state index is -4.68. The van der Waals surface area contributed by atoms with Gasteiger partial charge in [0, 0.05) is 33.4 Å². The van der Waals surface area contributed by atoms with Crippen molar-refractivity contribution in [2.75, 3.05) is 4.72 Å². The van der Waals surface area contributed by atoms with E-state index in [1.807, 2.05) is 30.3 Å². The second-order valence-electron chi connectivity index (χ2n) is 7.81. The van der Waals surface area contributed by atoms with Gasteiger partial charge in [0.05, 0.1) is 10.9 Å². The standard InChI is InChI=1S/C22H21F3N2O3S2/c23-22(24,25)17-13-21(28)26-18-11-10-15(12-16(17)18)32(29,30)27-19-8-4-5-9-20(19)31-14-6-2-1-3-7-14/h1-9,13,15-16,18,27H,10-12H2,(H,26,28). The van der Waals surface area contributed by atoms with Gasteiger partial charge < -0.3 is 5.32 Å². The van der Waals surface area contributed by atoms with E-state index >= 15 is 0 Å². The molecule has 0 bridgehead atoms. The largest absolute Gasteiger partial charge is 0.413 e. The first-order valence-corrected chi connectivity index (χ1v) is 12.4. The van der Waals surface area contributed by atoms with Crippen molar-refractivity contribution >= 4 is 33.4 Å². The van der Waals surface area contributed by atoms with Gasteiger partial charge in [0.25, 0.3) is 0 Å². The Hall–Kier alpha value is -2.46. The van der Waals surface area contributed by atoms with Gasteiger partial charge in [-0.15, -0.1) is 0 Å². The summed E-state index contributed by atoms with van der Waals surface area (Å²) in [7, 11) is -3.95. The molecule has 5 nitrogen and oxygen atoms in total. The summed E-state index contributed by atoms with van der Waals surface area (Å²) in [6.07, 6.45) is -4.01. The molecule has 3 unspecified atom stereocenters. The zero-order valence-corrected chi connectivity index (χ0v) is 18.4. The molecule has 1 fully saturated rings. The molecule has 0 spiro atoms. The minimum absolute atomic E-state index is 0.163. The summed E-state index contributed by atoms with van der Waals surface area (Å²) < 4.78 is 69.4. The number of hydrogen-bond donors (Lipinski definition) is 2. The van der Waals surface area contributed by atoms with E-state index in [2.05, 4.69) is 10.0 Å². The van der Waals surface area contributed by atoms with E-state index in [4.69, 9.17) is 0 Å². The highest BCUT2D eigenvalue weighted by Crippen LogP contribution is 2.43. The molecule has 0 aromatic heterocycles. The molecule has 1 saturated carbocycles. The molecule has 32 heavy (non-hydrogen) atoms. The van der Waals surface area contributed by atoms with Gasteiger partial charge in [-0.25, -0.2) is 8.42 Å². The van der Waals surface area contributed by atoms with Crippen LogP contribution in [0.1, 0.15) is 19.3 Å². The van der Waals surface area contributed by atoms with Gasteiger partial charge in [-0.1, -0.05) is 42.1 Å². The lowest BCUT2D eigenvalue weighted by atomic mass is 9.77. The predicted molar refractivity (Wildman–Crippen MR) is 117 cm³/mol. The van der Waals surface area contributed by atoms with E-state index in [0.29, 0.717) is 16.7 Å². The number of nitrogens with one attached hydrogen (secondary N) is 2. The predicted octanol–water partition coefficient (Wildman–Crippen LogP) is 4.74. The number of sulfonamides is 1. The number of anilines is 1. The number of rotatable bonds is 5. The Bertz CT molecular complexity index is 1130. The average Bonchev–Trinajstić information content (AvgIpc) is 2.74. The number of para-hydroxylation sites is 1. The van der Waals surface area contributed by atoms with Crippen LogP contribution in [0.15, 0.2) is 76.0 Å². The topological polar surface area (TPSA) is 75.3 Å².